The van der Waals surface area contributed by atoms with E-state index >= 15 is 0 Å². The van der Waals surface area contributed by atoms with Gasteiger partial charge in [-0.25, -0.2) is 5.84 Å². The molecule has 1 aromatic heterocycles. The molecule has 6 heteroatoms. The van der Waals surface area contributed by atoms with Gasteiger partial charge in [0.25, 0.3) is 0 Å². The Kier molecular flexibility index (Phi) is 5.78. The molecule has 118 valence electrons. The molecule has 0 unspecified atom stereocenters. The van der Waals surface area contributed by atoms with Crippen molar-refractivity contribution in [3.05, 3.63) is 23.2 Å². The Morgan fingerprint density at radius 1 is 1.48 bits per heavy atom. The van der Waals surface area contributed by atoms with Gasteiger partial charge in [-0.15, -0.1) is 0 Å². The molecule has 1 aliphatic carbocycles. The molecule has 4 N–H and O–H groups in total. The first-order valence-electron chi connectivity index (χ1n) is 7.61. The SMILES string of the molecule is Cc1oc(C(=O)NN)cc1CN(CCO)C1CCCCC1. The maximum absolute atomic E-state index is 11.5. The number of nitrogens with two attached hydrogens (primary N) is 1. The molecule has 2 rings (SSSR count). The molecule has 0 aliphatic heterocycles. The van der Waals surface area contributed by atoms with Gasteiger partial charge >= 0.3 is 5.91 Å². The van der Waals surface area contributed by atoms with E-state index in [4.69, 9.17) is 10.3 Å². The fraction of sp³-hybridized carbons (Fsp3) is 0.667. The summed E-state index contributed by atoms with van der Waals surface area (Å²) in [6.07, 6.45) is 6.14. The smallest absolute Gasteiger partial charge is 0.300 e. The second kappa shape index (κ2) is 7.59. The molecular formula is C15H25N3O3. The van der Waals surface area contributed by atoms with Crippen LogP contribution in [-0.4, -0.2) is 35.1 Å². The van der Waals surface area contributed by atoms with Crippen LogP contribution in [0.3, 0.4) is 0 Å². The average molecular weight is 295 g/mol. The van der Waals surface area contributed by atoms with Crippen molar-refractivity contribution >= 4 is 5.91 Å². The maximum atomic E-state index is 11.5. The summed E-state index contributed by atoms with van der Waals surface area (Å²) in [6.45, 7) is 3.33. The topological polar surface area (TPSA) is 91.7 Å². The summed E-state index contributed by atoms with van der Waals surface area (Å²) >= 11 is 0. The Labute approximate surface area is 125 Å². The third-order valence-corrected chi connectivity index (χ3v) is 4.23. The normalized spacial score (nSPS) is 16.4. The van der Waals surface area contributed by atoms with Crippen LogP contribution in [-0.2, 0) is 6.54 Å². The van der Waals surface area contributed by atoms with Crippen LogP contribution in [0.25, 0.3) is 0 Å². The van der Waals surface area contributed by atoms with Gasteiger partial charge in [0.05, 0.1) is 6.61 Å². The van der Waals surface area contributed by atoms with E-state index in [1.165, 1.54) is 32.1 Å². The standard InChI is InChI=1S/C15H25N3O3/c1-11-12(9-14(21-11)15(20)17-16)10-18(7-8-19)13-5-3-2-4-6-13/h9,13,19H,2-8,10,16H2,1H3,(H,17,20). The first-order chi connectivity index (χ1) is 10.2. The number of carbonyl (C=O) groups excluding carboxylic acids is 1. The van der Waals surface area contributed by atoms with Crippen molar-refractivity contribution in [2.75, 3.05) is 13.2 Å². The second-order valence-corrected chi connectivity index (χ2v) is 5.65. The van der Waals surface area contributed by atoms with Crippen molar-refractivity contribution in [1.29, 1.82) is 0 Å². The van der Waals surface area contributed by atoms with Gasteiger partial charge in [0.1, 0.15) is 5.76 Å². The molecular weight excluding hydrogens is 270 g/mol. The van der Waals surface area contributed by atoms with E-state index in [9.17, 15) is 9.90 Å². The number of hydrogen-bond donors (Lipinski definition) is 3. The highest BCUT2D eigenvalue weighted by molar-refractivity contribution is 5.91. The third-order valence-electron chi connectivity index (χ3n) is 4.23. The summed E-state index contributed by atoms with van der Waals surface area (Å²) < 4.78 is 5.45. The van der Waals surface area contributed by atoms with Gasteiger partial charge < -0.3 is 9.52 Å². The molecule has 1 aromatic rings. The fourth-order valence-electron chi connectivity index (χ4n) is 3.04. The number of carbonyl (C=O) groups is 1. The van der Waals surface area contributed by atoms with Crippen LogP contribution in [0.15, 0.2) is 10.5 Å². The van der Waals surface area contributed by atoms with Gasteiger partial charge in [0, 0.05) is 24.7 Å². The summed E-state index contributed by atoms with van der Waals surface area (Å²) in [7, 11) is 0. The Morgan fingerprint density at radius 3 is 2.81 bits per heavy atom. The van der Waals surface area contributed by atoms with Gasteiger partial charge in [-0.2, -0.15) is 0 Å². The fourth-order valence-corrected chi connectivity index (χ4v) is 3.04. The number of nitrogens with one attached hydrogen (secondary N) is 1. The van der Waals surface area contributed by atoms with Gasteiger partial charge in [-0.1, -0.05) is 19.3 Å². The number of amides is 1. The summed E-state index contributed by atoms with van der Waals surface area (Å²) in [5.41, 5.74) is 3.06. The van der Waals surface area contributed by atoms with E-state index in [2.05, 4.69) is 10.3 Å². The molecule has 1 saturated carbocycles. The van der Waals surface area contributed by atoms with Crippen molar-refractivity contribution < 1.29 is 14.3 Å². The highest BCUT2D eigenvalue weighted by Crippen LogP contribution is 2.25. The molecule has 1 amide bonds. The Hall–Kier alpha value is -1.37. The molecule has 21 heavy (non-hydrogen) atoms. The quantitative estimate of drug-likeness (QED) is 0.418. The van der Waals surface area contributed by atoms with Crippen LogP contribution in [0.4, 0.5) is 0 Å². The molecule has 6 nitrogen and oxygen atoms in total. The van der Waals surface area contributed by atoms with Gasteiger partial charge in [-0.3, -0.25) is 15.1 Å². The second-order valence-electron chi connectivity index (χ2n) is 5.65. The number of hydrazine groups is 1. The minimum Gasteiger partial charge on any atom is -0.456 e. The van der Waals surface area contributed by atoms with Gasteiger partial charge in [-0.05, 0) is 25.8 Å². The molecule has 1 fully saturated rings. The number of nitrogen functional groups attached to an aromatic ring is 1. The van der Waals surface area contributed by atoms with Crippen LogP contribution >= 0.6 is 0 Å². The van der Waals surface area contributed by atoms with E-state index < -0.39 is 5.91 Å². The van der Waals surface area contributed by atoms with Crippen LogP contribution in [0.2, 0.25) is 0 Å². The summed E-state index contributed by atoms with van der Waals surface area (Å²) in [5.74, 6) is 5.67. The molecule has 0 bridgehead atoms. The van der Waals surface area contributed by atoms with E-state index in [1.54, 1.807) is 6.07 Å². The highest BCUT2D eigenvalue weighted by Gasteiger charge is 2.23. The summed E-state index contributed by atoms with van der Waals surface area (Å²) in [6, 6.07) is 2.25. The summed E-state index contributed by atoms with van der Waals surface area (Å²) in [5, 5.41) is 9.30. The third kappa shape index (κ3) is 4.06. The van der Waals surface area contributed by atoms with E-state index in [0.29, 0.717) is 19.1 Å². The monoisotopic (exact) mass is 295 g/mol. The number of hydrogen-bond acceptors (Lipinski definition) is 5. The Morgan fingerprint density at radius 2 is 2.19 bits per heavy atom. The number of aliphatic hydroxyl groups excluding tert-OH is 1. The first-order valence-corrected chi connectivity index (χ1v) is 7.61. The number of aryl methyl sites for hydroxylation is 1. The summed E-state index contributed by atoms with van der Waals surface area (Å²) in [4.78, 5) is 13.8. The number of aliphatic hydroxyl groups is 1. The average Bonchev–Trinajstić information content (AvgIpc) is 2.88. The van der Waals surface area contributed by atoms with Crippen LogP contribution in [0.1, 0.15) is 54.0 Å². The molecule has 0 atom stereocenters. The highest BCUT2D eigenvalue weighted by atomic mass is 16.4. The zero-order valence-electron chi connectivity index (χ0n) is 12.6. The van der Waals surface area contributed by atoms with E-state index in [-0.39, 0.29) is 12.4 Å². The van der Waals surface area contributed by atoms with Crippen molar-refractivity contribution in [3.63, 3.8) is 0 Å². The van der Waals surface area contributed by atoms with Crippen molar-refractivity contribution in [1.82, 2.24) is 10.3 Å². The van der Waals surface area contributed by atoms with Crippen molar-refractivity contribution in [3.8, 4) is 0 Å². The lowest BCUT2D eigenvalue weighted by Gasteiger charge is -2.33. The maximum Gasteiger partial charge on any atom is 0.300 e. The number of furan rings is 1. The predicted octanol–water partition coefficient (Wildman–Crippen LogP) is 1.32. The molecule has 0 radical (unpaired) electrons. The molecule has 1 heterocycles. The van der Waals surface area contributed by atoms with Gasteiger partial charge in [0.2, 0.25) is 0 Å². The van der Waals surface area contributed by atoms with E-state index in [0.717, 1.165) is 11.3 Å². The van der Waals surface area contributed by atoms with Gasteiger partial charge in [0.15, 0.2) is 5.76 Å². The molecule has 0 aromatic carbocycles. The Bertz CT molecular complexity index is 467. The Balaban J connectivity index is 2.08. The minimum atomic E-state index is -0.421. The minimum absolute atomic E-state index is 0.142. The lowest BCUT2D eigenvalue weighted by molar-refractivity contribution is 0.0924. The van der Waals surface area contributed by atoms with Crippen LogP contribution in [0.5, 0.6) is 0 Å². The molecule has 1 aliphatic rings. The van der Waals surface area contributed by atoms with Crippen molar-refractivity contribution in [2.24, 2.45) is 5.84 Å². The number of nitrogens with zero attached hydrogens (tertiary/aromatic N) is 1. The lowest BCUT2D eigenvalue weighted by atomic mass is 9.94. The zero-order chi connectivity index (χ0) is 15.2. The molecule has 0 spiro atoms. The van der Waals surface area contributed by atoms with E-state index in [1.807, 2.05) is 6.92 Å². The van der Waals surface area contributed by atoms with Crippen molar-refractivity contribution in [2.45, 2.75) is 51.6 Å². The van der Waals surface area contributed by atoms with Crippen LogP contribution < -0.4 is 11.3 Å². The number of rotatable bonds is 6. The molecule has 0 saturated heterocycles. The first kappa shape index (κ1) is 16.0. The van der Waals surface area contributed by atoms with Crippen LogP contribution in [0, 0.1) is 6.92 Å². The zero-order valence-corrected chi connectivity index (χ0v) is 12.6. The lowest BCUT2D eigenvalue weighted by Crippen LogP contribution is -2.38. The largest absolute Gasteiger partial charge is 0.456 e. The predicted molar refractivity (Wildman–Crippen MR) is 79.5 cm³/mol.